The number of ether oxygens (including phenoxy) is 3. The van der Waals surface area contributed by atoms with E-state index in [0.29, 0.717) is 18.7 Å². The highest BCUT2D eigenvalue weighted by Gasteiger charge is 2.57. The lowest BCUT2D eigenvalue weighted by atomic mass is 10.1. The van der Waals surface area contributed by atoms with Crippen LogP contribution in [0.4, 0.5) is 0 Å². The minimum atomic E-state index is -2.77. The zero-order valence-electron chi connectivity index (χ0n) is 16.3. The molecule has 0 radical (unpaired) electrons. The largest absolute Gasteiger partial charge is 0.491 e. The van der Waals surface area contributed by atoms with Crippen molar-refractivity contribution in [3.63, 3.8) is 0 Å². The van der Waals surface area contributed by atoms with E-state index in [9.17, 15) is 24.9 Å². The van der Waals surface area contributed by atoms with Crippen molar-refractivity contribution in [1.29, 1.82) is 0 Å². The molecule has 160 valence electrons. The van der Waals surface area contributed by atoms with Crippen LogP contribution in [0, 0.1) is 0 Å². The number of carboxylic acids is 2. The molecule has 0 amide bonds. The molecule has 0 fully saturated rings. The van der Waals surface area contributed by atoms with Gasteiger partial charge in [-0.15, -0.1) is 0 Å². The quantitative estimate of drug-likeness (QED) is 0.422. The molecule has 4 N–H and O–H groups in total. The smallest absolute Gasteiger partial charge is 0.453 e. The summed E-state index contributed by atoms with van der Waals surface area (Å²) in [4.78, 5) is 22.6. The molecule has 0 aromatic heterocycles. The molecule has 0 spiro atoms. The number of para-hydroxylation sites is 1. The molecule has 0 saturated heterocycles. The Labute approximate surface area is 172 Å². The van der Waals surface area contributed by atoms with Gasteiger partial charge in [0.05, 0.1) is 0 Å². The van der Waals surface area contributed by atoms with Crippen molar-refractivity contribution in [2.24, 2.45) is 0 Å². The Morgan fingerprint density at radius 2 is 1.73 bits per heavy atom. The number of hydrogen-bond donors (Lipinski definition) is 4. The SMILES string of the molecule is CC(Cc1ccc2c(c1)OC(C(=O)O)(C(=O)O)O2)NCC(O)COc1ccccc1. The average Bonchev–Trinajstić information content (AvgIpc) is 3.12. The molecule has 1 heterocycles. The maximum atomic E-state index is 11.3. The predicted molar refractivity (Wildman–Crippen MR) is 105 cm³/mol. The lowest BCUT2D eigenvalue weighted by molar-refractivity contribution is -0.194. The van der Waals surface area contributed by atoms with Gasteiger partial charge in [-0.3, -0.25) is 0 Å². The molecule has 3 rings (SSSR count). The molecule has 30 heavy (non-hydrogen) atoms. The monoisotopic (exact) mass is 417 g/mol. The Morgan fingerprint density at radius 3 is 2.40 bits per heavy atom. The molecular formula is C21H23NO8. The van der Waals surface area contributed by atoms with Crippen LogP contribution in [0.15, 0.2) is 48.5 Å². The minimum absolute atomic E-state index is 0.0274. The molecule has 2 aromatic rings. The third-order valence-corrected chi connectivity index (χ3v) is 4.51. The topological polar surface area (TPSA) is 135 Å². The Bertz CT molecular complexity index is 887. The zero-order chi connectivity index (χ0) is 21.7. The van der Waals surface area contributed by atoms with E-state index in [1.807, 2.05) is 37.3 Å². The molecule has 2 atom stereocenters. The van der Waals surface area contributed by atoms with E-state index in [0.717, 1.165) is 5.56 Å². The number of hydrogen-bond acceptors (Lipinski definition) is 7. The second kappa shape index (κ2) is 9.02. The first kappa shape index (κ1) is 21.4. The van der Waals surface area contributed by atoms with Gasteiger partial charge in [-0.05, 0) is 43.2 Å². The van der Waals surface area contributed by atoms with Crippen molar-refractivity contribution in [2.75, 3.05) is 13.2 Å². The van der Waals surface area contributed by atoms with E-state index in [1.54, 1.807) is 12.1 Å². The molecule has 1 aliphatic rings. The Kier molecular flexibility index (Phi) is 6.43. The van der Waals surface area contributed by atoms with Crippen molar-refractivity contribution in [2.45, 2.75) is 31.3 Å². The number of benzene rings is 2. The van der Waals surface area contributed by atoms with Crippen LogP contribution in [0.25, 0.3) is 0 Å². The Hall–Kier alpha value is -3.30. The standard InChI is InChI=1S/C21H23NO8/c1-13(22-11-15(23)12-28-16-5-3-2-4-6-16)9-14-7-8-17-18(10-14)30-21(29-17,19(24)25)20(26)27/h2-8,10,13,15,22-23H,9,11-12H2,1H3,(H,24,25)(H,26,27). The number of carboxylic acid groups (broad SMARTS) is 2. The van der Waals surface area contributed by atoms with Gasteiger partial charge in [-0.25, -0.2) is 9.59 Å². The summed E-state index contributed by atoms with van der Waals surface area (Å²) in [7, 11) is 0. The van der Waals surface area contributed by atoms with Gasteiger partial charge in [0, 0.05) is 12.6 Å². The molecule has 0 bridgehead atoms. The molecule has 0 saturated carbocycles. The average molecular weight is 417 g/mol. The highest BCUT2D eigenvalue weighted by atomic mass is 16.8. The van der Waals surface area contributed by atoms with Gasteiger partial charge >= 0.3 is 17.7 Å². The van der Waals surface area contributed by atoms with Crippen LogP contribution in [0.2, 0.25) is 0 Å². The lowest BCUT2D eigenvalue weighted by Gasteiger charge is -2.18. The van der Waals surface area contributed by atoms with Gasteiger partial charge in [0.15, 0.2) is 11.5 Å². The van der Waals surface area contributed by atoms with Crippen LogP contribution in [0.5, 0.6) is 17.2 Å². The van der Waals surface area contributed by atoms with Crippen molar-refractivity contribution in [3.05, 3.63) is 54.1 Å². The van der Waals surface area contributed by atoms with Crippen LogP contribution in [-0.4, -0.2) is 58.3 Å². The predicted octanol–water partition coefficient (Wildman–Crippen LogP) is 1.28. The van der Waals surface area contributed by atoms with Crippen molar-refractivity contribution in [3.8, 4) is 17.2 Å². The summed E-state index contributed by atoms with van der Waals surface area (Å²) in [5.41, 5.74) is 0.791. The molecule has 0 aliphatic carbocycles. The summed E-state index contributed by atoms with van der Waals surface area (Å²) in [5, 5.41) is 31.6. The van der Waals surface area contributed by atoms with Crippen molar-refractivity contribution < 1.29 is 39.1 Å². The van der Waals surface area contributed by atoms with Gasteiger partial charge in [-0.2, -0.15) is 0 Å². The van der Waals surface area contributed by atoms with Crippen LogP contribution in [-0.2, 0) is 16.0 Å². The zero-order valence-corrected chi connectivity index (χ0v) is 16.3. The summed E-state index contributed by atoms with van der Waals surface area (Å²) in [6, 6.07) is 13.9. The van der Waals surface area contributed by atoms with Crippen molar-refractivity contribution in [1.82, 2.24) is 5.32 Å². The number of nitrogens with one attached hydrogen (secondary N) is 1. The summed E-state index contributed by atoms with van der Waals surface area (Å²) in [6.07, 6.45) is -0.160. The number of aliphatic carboxylic acids is 2. The van der Waals surface area contributed by atoms with E-state index in [4.69, 9.17) is 14.2 Å². The molecule has 2 unspecified atom stereocenters. The van der Waals surface area contributed by atoms with Gasteiger partial charge in [0.1, 0.15) is 18.5 Å². The van der Waals surface area contributed by atoms with Crippen LogP contribution in [0.1, 0.15) is 12.5 Å². The van der Waals surface area contributed by atoms with E-state index >= 15 is 0 Å². The number of aliphatic hydroxyl groups excluding tert-OH is 1. The fourth-order valence-corrected chi connectivity index (χ4v) is 2.97. The minimum Gasteiger partial charge on any atom is -0.491 e. The number of fused-ring (bicyclic) bond motifs is 1. The van der Waals surface area contributed by atoms with Gasteiger partial charge in [0.2, 0.25) is 0 Å². The summed E-state index contributed by atoms with van der Waals surface area (Å²) < 4.78 is 15.7. The summed E-state index contributed by atoms with van der Waals surface area (Å²) in [5.74, 6) is -5.46. The second-order valence-corrected chi connectivity index (χ2v) is 7.00. The first-order chi connectivity index (χ1) is 14.3. The normalized spacial score (nSPS) is 15.9. The van der Waals surface area contributed by atoms with E-state index < -0.39 is 23.8 Å². The van der Waals surface area contributed by atoms with Crippen LogP contribution < -0.4 is 19.5 Å². The van der Waals surface area contributed by atoms with E-state index in [1.165, 1.54) is 6.07 Å². The van der Waals surface area contributed by atoms with Crippen molar-refractivity contribution >= 4 is 11.9 Å². The lowest BCUT2D eigenvalue weighted by Crippen LogP contribution is -2.54. The number of aliphatic hydroxyl groups is 1. The number of rotatable bonds is 10. The third-order valence-electron chi connectivity index (χ3n) is 4.51. The third kappa shape index (κ3) is 4.81. The maximum absolute atomic E-state index is 11.3. The fraction of sp³-hybridized carbons (Fsp3) is 0.333. The molecule has 9 heteroatoms. The highest BCUT2D eigenvalue weighted by molar-refractivity contribution is 6.01. The van der Waals surface area contributed by atoms with Crippen LogP contribution in [0.3, 0.4) is 0 Å². The highest BCUT2D eigenvalue weighted by Crippen LogP contribution is 2.40. The van der Waals surface area contributed by atoms with E-state index in [-0.39, 0.29) is 24.1 Å². The fourth-order valence-electron chi connectivity index (χ4n) is 2.97. The van der Waals surface area contributed by atoms with Gasteiger partial charge < -0.3 is 34.8 Å². The first-order valence-electron chi connectivity index (χ1n) is 9.37. The Morgan fingerprint density at radius 1 is 1.07 bits per heavy atom. The molecule has 1 aliphatic heterocycles. The van der Waals surface area contributed by atoms with Gasteiger partial charge in [0.25, 0.3) is 0 Å². The molecule has 9 nitrogen and oxygen atoms in total. The maximum Gasteiger partial charge on any atom is 0.453 e. The van der Waals surface area contributed by atoms with Crippen LogP contribution >= 0.6 is 0 Å². The van der Waals surface area contributed by atoms with E-state index in [2.05, 4.69) is 5.32 Å². The first-order valence-corrected chi connectivity index (χ1v) is 9.37. The summed E-state index contributed by atoms with van der Waals surface area (Å²) >= 11 is 0. The number of carbonyl (C=O) groups is 2. The Balaban J connectivity index is 1.50. The molecule has 2 aromatic carbocycles. The summed E-state index contributed by atoms with van der Waals surface area (Å²) in [6.45, 7) is 2.40. The van der Waals surface area contributed by atoms with Gasteiger partial charge in [-0.1, -0.05) is 24.3 Å². The molecular weight excluding hydrogens is 394 g/mol. The second-order valence-electron chi connectivity index (χ2n) is 7.00.